The average Bonchev–Trinajstić information content (AvgIpc) is 3.15. The molecule has 2 rings (SSSR count). The highest BCUT2D eigenvalue weighted by molar-refractivity contribution is 5.82. The highest BCUT2D eigenvalue weighted by Gasteiger charge is 2.34. The lowest BCUT2D eigenvalue weighted by Crippen LogP contribution is -2.44. The zero-order chi connectivity index (χ0) is 20.4. The zero-order valence-corrected chi connectivity index (χ0v) is 17.8. The normalized spacial score (nSPS) is 19.2. The van der Waals surface area contributed by atoms with Crippen LogP contribution in [0, 0.1) is 5.92 Å². The standard InChI is InChI=1S/C20H31FN2O2.C2H6/c1-15(2)20(3,21)11-13-23-12-7-9-17(23)19(24)22-14-16-8-5-6-10-18(16)25-4;1-2/h5-6,8,10,15,17H,7,9,11-14H2,1-4H3,(H,22,24);1-2H3. The van der Waals surface area contributed by atoms with Crippen molar-refractivity contribution in [2.75, 3.05) is 20.2 Å². The maximum atomic E-state index is 14.5. The van der Waals surface area contributed by atoms with Gasteiger partial charge in [0.15, 0.2) is 0 Å². The van der Waals surface area contributed by atoms with Crippen molar-refractivity contribution < 1.29 is 13.9 Å². The molecule has 0 saturated carbocycles. The van der Waals surface area contributed by atoms with Crippen LogP contribution in [0.5, 0.6) is 5.75 Å². The molecule has 5 heteroatoms. The second-order valence-electron chi connectivity index (χ2n) is 7.41. The van der Waals surface area contributed by atoms with E-state index in [1.807, 2.05) is 52.0 Å². The molecule has 0 bridgehead atoms. The third-order valence-corrected chi connectivity index (χ3v) is 5.40. The van der Waals surface area contributed by atoms with Crippen LogP contribution in [0.15, 0.2) is 24.3 Å². The summed E-state index contributed by atoms with van der Waals surface area (Å²) in [5, 5.41) is 3.01. The Labute approximate surface area is 164 Å². The number of likely N-dealkylation sites (tertiary alicyclic amines) is 1. The number of rotatable bonds is 8. The van der Waals surface area contributed by atoms with Gasteiger partial charge in [-0.05, 0) is 44.7 Å². The van der Waals surface area contributed by atoms with Gasteiger partial charge in [0.05, 0.1) is 13.2 Å². The largest absolute Gasteiger partial charge is 0.496 e. The number of alkyl halides is 1. The van der Waals surface area contributed by atoms with Crippen LogP contribution in [0.4, 0.5) is 4.39 Å². The second-order valence-corrected chi connectivity index (χ2v) is 7.41. The number of carbonyl (C=O) groups is 1. The highest BCUT2D eigenvalue weighted by Crippen LogP contribution is 2.27. The van der Waals surface area contributed by atoms with Crippen LogP contribution in [0.1, 0.15) is 59.4 Å². The van der Waals surface area contributed by atoms with Gasteiger partial charge in [0.25, 0.3) is 0 Å². The van der Waals surface area contributed by atoms with Crippen molar-refractivity contribution in [2.24, 2.45) is 5.92 Å². The minimum absolute atomic E-state index is 0.0204. The van der Waals surface area contributed by atoms with Gasteiger partial charge in [-0.2, -0.15) is 0 Å². The fourth-order valence-electron chi connectivity index (χ4n) is 3.19. The molecule has 154 valence electrons. The van der Waals surface area contributed by atoms with E-state index in [4.69, 9.17) is 4.74 Å². The van der Waals surface area contributed by atoms with Crippen molar-refractivity contribution in [2.45, 2.75) is 72.1 Å². The van der Waals surface area contributed by atoms with Crippen molar-refractivity contribution in [1.82, 2.24) is 10.2 Å². The monoisotopic (exact) mass is 380 g/mol. The molecule has 1 aliphatic rings. The van der Waals surface area contributed by atoms with Crippen LogP contribution in [-0.2, 0) is 11.3 Å². The molecule has 1 N–H and O–H groups in total. The lowest BCUT2D eigenvalue weighted by atomic mass is 9.91. The van der Waals surface area contributed by atoms with Gasteiger partial charge in [-0.3, -0.25) is 9.69 Å². The quantitative estimate of drug-likeness (QED) is 0.718. The van der Waals surface area contributed by atoms with Gasteiger partial charge in [0, 0.05) is 18.7 Å². The number of nitrogens with zero attached hydrogens (tertiary/aromatic N) is 1. The topological polar surface area (TPSA) is 41.6 Å². The Bertz CT molecular complexity index is 575. The summed E-state index contributed by atoms with van der Waals surface area (Å²) >= 11 is 0. The molecule has 1 aliphatic heterocycles. The molecule has 2 unspecified atom stereocenters. The van der Waals surface area contributed by atoms with Crippen molar-refractivity contribution >= 4 is 5.91 Å². The second kappa shape index (κ2) is 11.3. The number of hydrogen-bond donors (Lipinski definition) is 1. The molecule has 0 spiro atoms. The van der Waals surface area contributed by atoms with Gasteiger partial charge in [-0.15, -0.1) is 0 Å². The maximum Gasteiger partial charge on any atom is 0.237 e. The van der Waals surface area contributed by atoms with Gasteiger partial charge in [0.1, 0.15) is 11.4 Å². The number of benzene rings is 1. The Kier molecular flexibility index (Phi) is 9.78. The predicted molar refractivity (Wildman–Crippen MR) is 110 cm³/mol. The third kappa shape index (κ3) is 6.80. The minimum Gasteiger partial charge on any atom is -0.496 e. The molecular weight excluding hydrogens is 343 g/mol. The predicted octanol–water partition coefficient (Wildman–Crippen LogP) is 4.58. The van der Waals surface area contributed by atoms with Crippen LogP contribution in [0.3, 0.4) is 0 Å². The number of halogens is 1. The fraction of sp³-hybridized carbons (Fsp3) is 0.682. The number of nitrogens with one attached hydrogen (secondary N) is 1. The first-order chi connectivity index (χ1) is 12.8. The first kappa shape index (κ1) is 23.4. The van der Waals surface area contributed by atoms with E-state index in [-0.39, 0.29) is 17.9 Å². The van der Waals surface area contributed by atoms with Gasteiger partial charge in [-0.1, -0.05) is 45.9 Å². The van der Waals surface area contributed by atoms with Gasteiger partial charge >= 0.3 is 0 Å². The molecule has 1 saturated heterocycles. The summed E-state index contributed by atoms with van der Waals surface area (Å²) < 4.78 is 19.8. The number of ether oxygens (including phenoxy) is 1. The summed E-state index contributed by atoms with van der Waals surface area (Å²) in [6, 6.07) is 7.52. The van der Waals surface area contributed by atoms with Crippen LogP contribution >= 0.6 is 0 Å². The summed E-state index contributed by atoms with van der Waals surface area (Å²) in [5.41, 5.74) is -0.236. The van der Waals surface area contributed by atoms with Gasteiger partial charge < -0.3 is 10.1 Å². The molecule has 1 amide bonds. The summed E-state index contributed by atoms with van der Waals surface area (Å²) in [6.45, 7) is 11.4. The summed E-state index contributed by atoms with van der Waals surface area (Å²) in [6.07, 6.45) is 2.28. The third-order valence-electron chi connectivity index (χ3n) is 5.40. The Morgan fingerprint density at radius 3 is 2.67 bits per heavy atom. The zero-order valence-electron chi connectivity index (χ0n) is 17.8. The summed E-state index contributed by atoms with van der Waals surface area (Å²) in [7, 11) is 1.63. The molecule has 2 atom stereocenters. The molecule has 0 aliphatic carbocycles. The van der Waals surface area contributed by atoms with E-state index in [0.717, 1.165) is 30.7 Å². The highest BCUT2D eigenvalue weighted by atomic mass is 19.1. The number of carbonyl (C=O) groups excluding carboxylic acids is 1. The number of para-hydroxylation sites is 1. The SMILES string of the molecule is CC.COc1ccccc1CNC(=O)C1CCCN1CCC(C)(F)C(C)C. The van der Waals surface area contributed by atoms with Crippen molar-refractivity contribution in [3.63, 3.8) is 0 Å². The van der Waals surface area contributed by atoms with Crippen molar-refractivity contribution in [3.05, 3.63) is 29.8 Å². The van der Waals surface area contributed by atoms with E-state index in [1.54, 1.807) is 14.0 Å². The molecule has 1 aromatic rings. The lowest BCUT2D eigenvalue weighted by Gasteiger charge is -2.29. The van der Waals surface area contributed by atoms with Crippen molar-refractivity contribution in [3.8, 4) is 5.75 Å². The molecule has 4 nitrogen and oxygen atoms in total. The van der Waals surface area contributed by atoms with Crippen LogP contribution < -0.4 is 10.1 Å². The molecule has 1 aromatic carbocycles. The van der Waals surface area contributed by atoms with Crippen LogP contribution in [0.25, 0.3) is 0 Å². The first-order valence-corrected chi connectivity index (χ1v) is 10.2. The molecule has 27 heavy (non-hydrogen) atoms. The van der Waals surface area contributed by atoms with E-state index >= 15 is 0 Å². The molecular formula is C22H37FN2O2. The van der Waals surface area contributed by atoms with Gasteiger partial charge in [-0.25, -0.2) is 4.39 Å². The number of hydrogen-bond acceptors (Lipinski definition) is 3. The van der Waals surface area contributed by atoms with E-state index < -0.39 is 5.67 Å². The average molecular weight is 381 g/mol. The molecule has 1 heterocycles. The smallest absolute Gasteiger partial charge is 0.237 e. The summed E-state index contributed by atoms with van der Waals surface area (Å²) in [4.78, 5) is 14.7. The molecule has 1 fully saturated rings. The molecule has 0 aromatic heterocycles. The number of amides is 1. The number of methoxy groups -OCH3 is 1. The Hall–Kier alpha value is -1.62. The fourth-order valence-corrected chi connectivity index (χ4v) is 3.19. The molecule has 0 radical (unpaired) electrons. The minimum atomic E-state index is -1.19. The maximum absolute atomic E-state index is 14.5. The van der Waals surface area contributed by atoms with E-state index in [0.29, 0.717) is 19.5 Å². The van der Waals surface area contributed by atoms with Gasteiger partial charge in [0.2, 0.25) is 5.91 Å². The van der Waals surface area contributed by atoms with E-state index in [1.165, 1.54) is 0 Å². The van der Waals surface area contributed by atoms with E-state index in [2.05, 4.69) is 10.2 Å². The summed E-state index contributed by atoms with van der Waals surface area (Å²) in [5.74, 6) is 0.776. The van der Waals surface area contributed by atoms with E-state index in [9.17, 15) is 9.18 Å². The first-order valence-electron chi connectivity index (χ1n) is 10.2. The Balaban J connectivity index is 0.00000176. The Morgan fingerprint density at radius 1 is 1.37 bits per heavy atom. The van der Waals surface area contributed by atoms with Crippen molar-refractivity contribution in [1.29, 1.82) is 0 Å². The van der Waals surface area contributed by atoms with Crippen LogP contribution in [-0.4, -0.2) is 42.7 Å². The Morgan fingerprint density at radius 2 is 2.04 bits per heavy atom. The van der Waals surface area contributed by atoms with Crippen LogP contribution in [0.2, 0.25) is 0 Å². The lowest BCUT2D eigenvalue weighted by molar-refractivity contribution is -0.125.